The third kappa shape index (κ3) is 2.56. The highest BCUT2D eigenvalue weighted by Crippen LogP contribution is 2.18. The van der Waals surface area contributed by atoms with Crippen molar-refractivity contribution in [2.45, 2.75) is 19.4 Å². The molecule has 106 valence electrons. The molecule has 20 heavy (non-hydrogen) atoms. The van der Waals surface area contributed by atoms with Gasteiger partial charge in [0, 0.05) is 16.9 Å². The molecule has 0 saturated carbocycles. The van der Waals surface area contributed by atoms with Gasteiger partial charge in [-0.2, -0.15) is 0 Å². The molecule has 0 spiro atoms. The van der Waals surface area contributed by atoms with Gasteiger partial charge in [-0.15, -0.1) is 0 Å². The summed E-state index contributed by atoms with van der Waals surface area (Å²) >= 11 is 0. The zero-order valence-corrected chi connectivity index (χ0v) is 12.0. The first kappa shape index (κ1) is 13.2. The van der Waals surface area contributed by atoms with Crippen LogP contribution in [0.5, 0.6) is 0 Å². The first-order valence-electron chi connectivity index (χ1n) is 6.54. The summed E-state index contributed by atoms with van der Waals surface area (Å²) in [7, 11) is -2.98. The van der Waals surface area contributed by atoms with Gasteiger partial charge in [-0.3, -0.25) is 4.79 Å². The SMILES string of the molecule is Cc1ccc2cc(C(=O)N[C@@H]3CCS(=O)(=O)C3)[nH]c2c1. The molecule has 6 heteroatoms. The van der Waals surface area contributed by atoms with E-state index in [1.54, 1.807) is 6.07 Å². The van der Waals surface area contributed by atoms with E-state index in [1.165, 1.54) is 0 Å². The number of aromatic amines is 1. The summed E-state index contributed by atoms with van der Waals surface area (Å²) < 4.78 is 22.8. The third-order valence-corrected chi connectivity index (χ3v) is 5.36. The smallest absolute Gasteiger partial charge is 0.267 e. The molecule has 0 unspecified atom stereocenters. The maximum absolute atomic E-state index is 12.1. The molecule has 1 aromatic carbocycles. The molecule has 2 aromatic rings. The van der Waals surface area contributed by atoms with Crippen LogP contribution in [-0.2, 0) is 9.84 Å². The summed E-state index contributed by atoms with van der Waals surface area (Å²) in [5, 5.41) is 3.75. The van der Waals surface area contributed by atoms with E-state index in [1.807, 2.05) is 25.1 Å². The van der Waals surface area contributed by atoms with E-state index in [0.717, 1.165) is 16.5 Å². The molecule has 1 aliphatic heterocycles. The molecule has 0 bridgehead atoms. The summed E-state index contributed by atoms with van der Waals surface area (Å²) in [6, 6.07) is 7.43. The van der Waals surface area contributed by atoms with Crippen molar-refractivity contribution in [3.8, 4) is 0 Å². The molecule has 1 atom stereocenters. The Kier molecular flexibility index (Phi) is 3.05. The number of aromatic nitrogens is 1. The number of carbonyl (C=O) groups is 1. The van der Waals surface area contributed by atoms with Gasteiger partial charge < -0.3 is 10.3 Å². The highest BCUT2D eigenvalue weighted by Gasteiger charge is 2.29. The van der Waals surface area contributed by atoms with Crippen LogP contribution in [0, 0.1) is 6.92 Å². The van der Waals surface area contributed by atoms with Crippen molar-refractivity contribution in [3.63, 3.8) is 0 Å². The van der Waals surface area contributed by atoms with Gasteiger partial charge in [0.25, 0.3) is 5.91 Å². The van der Waals surface area contributed by atoms with Crippen molar-refractivity contribution in [2.24, 2.45) is 0 Å². The van der Waals surface area contributed by atoms with Gasteiger partial charge in [0.05, 0.1) is 11.5 Å². The average molecular weight is 292 g/mol. The Balaban J connectivity index is 1.79. The standard InChI is InChI=1S/C14H16N2O3S/c1-9-2-3-10-7-13(16-12(10)6-9)14(17)15-11-4-5-20(18,19)8-11/h2-3,6-7,11,16H,4-5,8H2,1H3,(H,15,17)/t11-/m1/s1. The summed E-state index contributed by atoms with van der Waals surface area (Å²) in [6.45, 7) is 1.99. The Hall–Kier alpha value is -1.82. The number of H-pyrrole nitrogens is 1. The van der Waals surface area contributed by atoms with E-state index in [4.69, 9.17) is 0 Å². The maximum Gasteiger partial charge on any atom is 0.267 e. The third-order valence-electron chi connectivity index (χ3n) is 3.59. The minimum absolute atomic E-state index is 0.0398. The van der Waals surface area contributed by atoms with Crippen LogP contribution in [0.1, 0.15) is 22.5 Å². The minimum Gasteiger partial charge on any atom is -0.351 e. The number of rotatable bonds is 2. The van der Waals surface area contributed by atoms with E-state index >= 15 is 0 Å². The normalized spacial score (nSPS) is 21.1. The Labute approximate surface area is 117 Å². The number of aryl methyl sites for hydroxylation is 1. The number of amides is 1. The van der Waals surface area contributed by atoms with Crippen molar-refractivity contribution in [1.29, 1.82) is 0 Å². The van der Waals surface area contributed by atoms with E-state index in [-0.39, 0.29) is 23.5 Å². The van der Waals surface area contributed by atoms with Crippen LogP contribution < -0.4 is 5.32 Å². The van der Waals surface area contributed by atoms with Crippen LogP contribution in [0.3, 0.4) is 0 Å². The average Bonchev–Trinajstić information content (AvgIpc) is 2.92. The lowest BCUT2D eigenvalue weighted by Gasteiger charge is -2.09. The monoisotopic (exact) mass is 292 g/mol. The summed E-state index contributed by atoms with van der Waals surface area (Å²) in [6.07, 6.45) is 0.493. The largest absolute Gasteiger partial charge is 0.351 e. The molecular weight excluding hydrogens is 276 g/mol. The van der Waals surface area contributed by atoms with Crippen molar-refractivity contribution >= 4 is 26.6 Å². The molecule has 3 rings (SSSR count). The summed E-state index contributed by atoms with van der Waals surface area (Å²) in [4.78, 5) is 15.2. The summed E-state index contributed by atoms with van der Waals surface area (Å²) in [5.74, 6) is -0.0528. The quantitative estimate of drug-likeness (QED) is 0.878. The summed E-state index contributed by atoms with van der Waals surface area (Å²) in [5.41, 5.74) is 2.50. The van der Waals surface area contributed by atoms with Crippen LogP contribution in [0.15, 0.2) is 24.3 Å². The predicted molar refractivity (Wildman–Crippen MR) is 77.6 cm³/mol. The van der Waals surface area contributed by atoms with Gasteiger partial charge in [-0.05, 0) is 31.0 Å². The molecule has 2 N–H and O–H groups in total. The van der Waals surface area contributed by atoms with Gasteiger partial charge in [0.1, 0.15) is 5.69 Å². The molecule has 1 aliphatic rings. The van der Waals surface area contributed by atoms with Crippen molar-refractivity contribution in [2.75, 3.05) is 11.5 Å². The molecular formula is C14H16N2O3S. The molecule has 2 heterocycles. The van der Waals surface area contributed by atoms with Crippen molar-refractivity contribution < 1.29 is 13.2 Å². The Bertz CT molecular complexity index is 777. The number of fused-ring (bicyclic) bond motifs is 1. The Morgan fingerprint density at radius 1 is 1.35 bits per heavy atom. The Morgan fingerprint density at radius 2 is 2.15 bits per heavy atom. The molecule has 1 amide bonds. The number of hydrogen-bond acceptors (Lipinski definition) is 3. The number of hydrogen-bond donors (Lipinski definition) is 2. The number of nitrogens with one attached hydrogen (secondary N) is 2. The highest BCUT2D eigenvalue weighted by atomic mass is 32.2. The second kappa shape index (κ2) is 4.63. The maximum atomic E-state index is 12.1. The van der Waals surface area contributed by atoms with Crippen LogP contribution in [0.25, 0.3) is 10.9 Å². The van der Waals surface area contributed by atoms with E-state index in [0.29, 0.717) is 12.1 Å². The van der Waals surface area contributed by atoms with Crippen LogP contribution in [-0.4, -0.2) is 36.9 Å². The fourth-order valence-electron chi connectivity index (χ4n) is 2.54. The van der Waals surface area contributed by atoms with E-state index in [9.17, 15) is 13.2 Å². The lowest BCUT2D eigenvalue weighted by Crippen LogP contribution is -2.35. The molecule has 0 aliphatic carbocycles. The molecule has 1 fully saturated rings. The second-order valence-electron chi connectivity index (χ2n) is 5.35. The molecule has 1 saturated heterocycles. The first-order valence-corrected chi connectivity index (χ1v) is 8.36. The van der Waals surface area contributed by atoms with Gasteiger partial charge >= 0.3 is 0 Å². The predicted octanol–water partition coefficient (Wildman–Crippen LogP) is 1.39. The molecule has 1 aromatic heterocycles. The van der Waals surface area contributed by atoms with Crippen LogP contribution >= 0.6 is 0 Å². The topological polar surface area (TPSA) is 79.0 Å². The Morgan fingerprint density at radius 3 is 2.85 bits per heavy atom. The van der Waals surface area contributed by atoms with E-state index < -0.39 is 9.84 Å². The highest BCUT2D eigenvalue weighted by molar-refractivity contribution is 7.91. The van der Waals surface area contributed by atoms with Crippen molar-refractivity contribution in [1.82, 2.24) is 10.3 Å². The lowest BCUT2D eigenvalue weighted by molar-refractivity contribution is 0.0937. The van der Waals surface area contributed by atoms with Gasteiger partial charge in [-0.1, -0.05) is 12.1 Å². The lowest BCUT2D eigenvalue weighted by atomic mass is 10.2. The van der Waals surface area contributed by atoms with Gasteiger partial charge in [0.2, 0.25) is 0 Å². The van der Waals surface area contributed by atoms with Crippen molar-refractivity contribution in [3.05, 3.63) is 35.5 Å². The van der Waals surface area contributed by atoms with Gasteiger partial charge in [0.15, 0.2) is 9.84 Å². The van der Waals surface area contributed by atoms with Crippen LogP contribution in [0.2, 0.25) is 0 Å². The zero-order valence-electron chi connectivity index (χ0n) is 11.1. The second-order valence-corrected chi connectivity index (χ2v) is 7.58. The number of sulfone groups is 1. The zero-order chi connectivity index (χ0) is 14.3. The van der Waals surface area contributed by atoms with Crippen LogP contribution in [0.4, 0.5) is 0 Å². The fraction of sp³-hybridized carbons (Fsp3) is 0.357. The first-order chi connectivity index (χ1) is 9.43. The molecule has 5 nitrogen and oxygen atoms in total. The minimum atomic E-state index is -2.98. The molecule has 0 radical (unpaired) electrons. The van der Waals surface area contributed by atoms with E-state index in [2.05, 4.69) is 10.3 Å². The van der Waals surface area contributed by atoms with Gasteiger partial charge in [-0.25, -0.2) is 8.42 Å². The fourth-order valence-corrected chi connectivity index (χ4v) is 4.21. The number of benzene rings is 1. The number of carbonyl (C=O) groups excluding carboxylic acids is 1.